The Morgan fingerprint density at radius 3 is 2.83 bits per heavy atom. The van der Waals surface area contributed by atoms with E-state index in [1.165, 1.54) is 12.8 Å². The summed E-state index contributed by atoms with van der Waals surface area (Å²) in [6.07, 6.45) is 7.83. The van der Waals surface area contributed by atoms with Gasteiger partial charge in [-0.15, -0.1) is 0 Å². The van der Waals surface area contributed by atoms with Gasteiger partial charge in [-0.2, -0.15) is 0 Å². The molecule has 1 aliphatic carbocycles. The SMILES string of the molecule is O=C(NCc1ccc(OC2CCCC2)nc1)NC[C@H]1CCOC1. The van der Waals surface area contributed by atoms with Gasteiger partial charge in [0.15, 0.2) is 0 Å². The molecule has 126 valence electrons. The molecule has 0 radical (unpaired) electrons. The van der Waals surface area contributed by atoms with Crippen molar-refractivity contribution < 1.29 is 14.3 Å². The minimum Gasteiger partial charge on any atom is -0.474 e. The molecule has 0 aromatic carbocycles. The number of ether oxygens (including phenoxy) is 2. The molecule has 2 heterocycles. The summed E-state index contributed by atoms with van der Waals surface area (Å²) in [6.45, 7) is 2.67. The van der Waals surface area contributed by atoms with Crippen LogP contribution in [-0.4, -0.2) is 36.9 Å². The summed E-state index contributed by atoms with van der Waals surface area (Å²) >= 11 is 0. The van der Waals surface area contributed by atoms with Crippen LogP contribution in [0.1, 0.15) is 37.7 Å². The van der Waals surface area contributed by atoms with Crippen LogP contribution in [0.25, 0.3) is 0 Å². The first-order chi connectivity index (χ1) is 11.3. The molecule has 3 rings (SSSR count). The van der Waals surface area contributed by atoms with Crippen molar-refractivity contribution in [1.29, 1.82) is 0 Å². The van der Waals surface area contributed by atoms with E-state index in [-0.39, 0.29) is 6.03 Å². The summed E-state index contributed by atoms with van der Waals surface area (Å²) in [5.74, 6) is 1.11. The lowest BCUT2D eigenvalue weighted by Crippen LogP contribution is -2.38. The van der Waals surface area contributed by atoms with Crippen LogP contribution in [0, 0.1) is 5.92 Å². The Morgan fingerprint density at radius 2 is 2.13 bits per heavy atom. The molecule has 2 N–H and O–H groups in total. The predicted molar refractivity (Wildman–Crippen MR) is 86.3 cm³/mol. The molecule has 1 aliphatic heterocycles. The fourth-order valence-corrected chi connectivity index (χ4v) is 2.99. The summed E-state index contributed by atoms with van der Waals surface area (Å²) in [7, 11) is 0. The minimum absolute atomic E-state index is 0.150. The number of pyridine rings is 1. The zero-order valence-electron chi connectivity index (χ0n) is 13.4. The third-order valence-electron chi connectivity index (χ3n) is 4.42. The first kappa shape index (κ1) is 16.1. The number of hydrogen-bond acceptors (Lipinski definition) is 4. The summed E-state index contributed by atoms with van der Waals surface area (Å²) in [6, 6.07) is 3.68. The first-order valence-corrected chi connectivity index (χ1v) is 8.50. The van der Waals surface area contributed by atoms with Crippen LogP contribution in [0.2, 0.25) is 0 Å². The van der Waals surface area contributed by atoms with E-state index in [1.807, 2.05) is 12.1 Å². The van der Waals surface area contributed by atoms with Gasteiger partial charge in [-0.1, -0.05) is 6.07 Å². The topological polar surface area (TPSA) is 72.5 Å². The Hall–Kier alpha value is -1.82. The Kier molecular flexibility index (Phi) is 5.69. The van der Waals surface area contributed by atoms with Crippen molar-refractivity contribution in [2.24, 2.45) is 5.92 Å². The van der Waals surface area contributed by atoms with E-state index >= 15 is 0 Å². The number of urea groups is 1. The number of aromatic nitrogens is 1. The summed E-state index contributed by atoms with van der Waals surface area (Å²) in [5, 5.41) is 5.72. The molecule has 0 unspecified atom stereocenters. The van der Waals surface area contributed by atoms with Crippen LogP contribution in [0.3, 0.4) is 0 Å². The zero-order chi connectivity index (χ0) is 15.9. The van der Waals surface area contributed by atoms with E-state index in [1.54, 1.807) is 6.20 Å². The van der Waals surface area contributed by atoms with Crippen molar-refractivity contribution in [3.63, 3.8) is 0 Å². The van der Waals surface area contributed by atoms with Gasteiger partial charge in [0.05, 0.1) is 6.61 Å². The second-order valence-electron chi connectivity index (χ2n) is 6.32. The monoisotopic (exact) mass is 319 g/mol. The van der Waals surface area contributed by atoms with Crippen molar-refractivity contribution >= 4 is 6.03 Å². The molecule has 6 heteroatoms. The Morgan fingerprint density at radius 1 is 1.26 bits per heavy atom. The molecule has 2 fully saturated rings. The zero-order valence-corrected chi connectivity index (χ0v) is 13.4. The number of rotatable bonds is 6. The Bertz CT molecular complexity index is 494. The van der Waals surface area contributed by atoms with Gasteiger partial charge in [0.1, 0.15) is 6.10 Å². The van der Waals surface area contributed by atoms with Crippen LogP contribution in [0.5, 0.6) is 5.88 Å². The molecule has 2 amide bonds. The minimum atomic E-state index is -0.150. The van der Waals surface area contributed by atoms with Gasteiger partial charge in [0, 0.05) is 37.9 Å². The lowest BCUT2D eigenvalue weighted by molar-refractivity contribution is 0.185. The average Bonchev–Trinajstić information content (AvgIpc) is 3.26. The van der Waals surface area contributed by atoms with E-state index in [0.29, 0.717) is 31.0 Å². The van der Waals surface area contributed by atoms with Crippen LogP contribution in [0.4, 0.5) is 4.79 Å². The summed E-state index contributed by atoms with van der Waals surface area (Å²) < 4.78 is 11.1. The van der Waals surface area contributed by atoms with E-state index in [9.17, 15) is 4.79 Å². The summed E-state index contributed by atoms with van der Waals surface area (Å²) in [4.78, 5) is 16.1. The number of carbonyl (C=O) groups excluding carboxylic acids is 1. The van der Waals surface area contributed by atoms with Gasteiger partial charge in [0.2, 0.25) is 5.88 Å². The second kappa shape index (κ2) is 8.15. The van der Waals surface area contributed by atoms with E-state index < -0.39 is 0 Å². The molecule has 2 aliphatic rings. The molecule has 1 aromatic heterocycles. The van der Waals surface area contributed by atoms with Gasteiger partial charge < -0.3 is 20.1 Å². The quantitative estimate of drug-likeness (QED) is 0.843. The maximum absolute atomic E-state index is 11.8. The van der Waals surface area contributed by atoms with Crippen molar-refractivity contribution in [1.82, 2.24) is 15.6 Å². The average molecular weight is 319 g/mol. The number of amides is 2. The molecular formula is C17H25N3O3. The number of carbonyl (C=O) groups is 1. The van der Waals surface area contributed by atoms with Gasteiger partial charge in [-0.3, -0.25) is 0 Å². The lowest BCUT2D eigenvalue weighted by atomic mass is 10.1. The Balaban J connectivity index is 1.36. The highest BCUT2D eigenvalue weighted by Crippen LogP contribution is 2.22. The van der Waals surface area contributed by atoms with E-state index in [0.717, 1.165) is 38.0 Å². The fraction of sp³-hybridized carbons (Fsp3) is 0.647. The van der Waals surface area contributed by atoms with Gasteiger partial charge >= 0.3 is 6.03 Å². The first-order valence-electron chi connectivity index (χ1n) is 8.50. The second-order valence-corrected chi connectivity index (χ2v) is 6.32. The molecule has 0 bridgehead atoms. The van der Waals surface area contributed by atoms with Crippen molar-refractivity contribution in [3.05, 3.63) is 23.9 Å². The maximum Gasteiger partial charge on any atom is 0.315 e. The van der Waals surface area contributed by atoms with Crippen LogP contribution in [0.15, 0.2) is 18.3 Å². The molecular weight excluding hydrogens is 294 g/mol. The Labute approximate surface area is 137 Å². The third-order valence-corrected chi connectivity index (χ3v) is 4.42. The third kappa shape index (κ3) is 5.10. The highest BCUT2D eigenvalue weighted by atomic mass is 16.5. The van der Waals surface area contributed by atoms with E-state index in [2.05, 4.69) is 15.6 Å². The van der Waals surface area contributed by atoms with Gasteiger partial charge in [0.25, 0.3) is 0 Å². The normalized spacial score (nSPS) is 21.3. The lowest BCUT2D eigenvalue weighted by Gasteiger charge is -2.13. The van der Waals surface area contributed by atoms with Crippen molar-refractivity contribution in [2.45, 2.75) is 44.8 Å². The highest BCUT2D eigenvalue weighted by molar-refractivity contribution is 5.73. The maximum atomic E-state index is 11.8. The number of nitrogens with one attached hydrogen (secondary N) is 2. The molecule has 1 saturated carbocycles. The standard InChI is InChI=1S/C17H25N3O3/c21-17(20-11-14-7-8-22-12-14)19-10-13-5-6-16(18-9-13)23-15-3-1-2-4-15/h5-6,9,14-15H,1-4,7-8,10-12H2,(H2,19,20,21)/t14-/m1/s1. The molecule has 6 nitrogen and oxygen atoms in total. The van der Waals surface area contributed by atoms with Crippen LogP contribution >= 0.6 is 0 Å². The largest absolute Gasteiger partial charge is 0.474 e. The highest BCUT2D eigenvalue weighted by Gasteiger charge is 2.17. The molecule has 1 saturated heterocycles. The van der Waals surface area contributed by atoms with Crippen LogP contribution in [-0.2, 0) is 11.3 Å². The van der Waals surface area contributed by atoms with Gasteiger partial charge in [-0.25, -0.2) is 9.78 Å². The fourth-order valence-electron chi connectivity index (χ4n) is 2.99. The summed E-state index contributed by atoms with van der Waals surface area (Å²) in [5.41, 5.74) is 0.961. The van der Waals surface area contributed by atoms with Crippen LogP contribution < -0.4 is 15.4 Å². The number of nitrogens with zero attached hydrogens (tertiary/aromatic N) is 1. The molecule has 1 atom stereocenters. The molecule has 1 aromatic rings. The predicted octanol–water partition coefficient (Wildman–Crippen LogP) is 2.24. The van der Waals surface area contributed by atoms with Crippen molar-refractivity contribution in [2.75, 3.05) is 19.8 Å². The smallest absolute Gasteiger partial charge is 0.315 e. The van der Waals surface area contributed by atoms with Crippen molar-refractivity contribution in [3.8, 4) is 5.88 Å². The van der Waals surface area contributed by atoms with Gasteiger partial charge in [-0.05, 0) is 37.7 Å². The molecule has 0 spiro atoms. The molecule has 23 heavy (non-hydrogen) atoms. The number of hydrogen-bond donors (Lipinski definition) is 2. The van der Waals surface area contributed by atoms with E-state index in [4.69, 9.17) is 9.47 Å².